The molecule has 1 heterocycles. The molecule has 61 heavy (non-hydrogen) atoms. The Hall–Kier alpha value is -4.53. The molecule has 3 rings (SSSR count). The maximum Gasteiger partial charge on any atom is 0.247 e. The van der Waals surface area contributed by atoms with E-state index in [1.807, 2.05) is 90.7 Å². The molecule has 2 aromatic rings. The first-order valence-corrected chi connectivity index (χ1v) is 22.0. The zero-order chi connectivity index (χ0) is 45.6. The average molecular weight is 850 g/mol. The molecule has 9 atom stereocenters. The quantitative estimate of drug-likeness (QED) is 0.113. The van der Waals surface area contributed by atoms with Crippen LogP contribution in [0.5, 0.6) is 0 Å². The lowest BCUT2D eigenvalue weighted by molar-refractivity contribution is -0.148. The number of nitrogens with zero attached hydrogens (tertiary/aromatic N) is 3. The molecule has 0 radical (unpaired) electrons. The van der Waals surface area contributed by atoms with Crippen LogP contribution in [0.3, 0.4) is 0 Å². The third kappa shape index (κ3) is 13.7. The van der Waals surface area contributed by atoms with Crippen LogP contribution in [0.2, 0.25) is 0 Å². The van der Waals surface area contributed by atoms with Gasteiger partial charge >= 0.3 is 0 Å². The third-order valence-corrected chi connectivity index (χ3v) is 12.5. The topological polar surface area (TPSA) is 176 Å². The van der Waals surface area contributed by atoms with Gasteiger partial charge in [-0.25, -0.2) is 0 Å². The number of likely N-dealkylation sites (tertiary alicyclic amines) is 1. The molecule has 1 saturated heterocycles. The summed E-state index contributed by atoms with van der Waals surface area (Å²) in [5.74, 6) is -2.28. The van der Waals surface area contributed by atoms with Gasteiger partial charge in [-0.1, -0.05) is 92.1 Å². The summed E-state index contributed by atoms with van der Waals surface area (Å²) in [6, 6.07) is 13.3. The number of hydrogen-bond donors (Lipinski definition) is 4. The number of nitrogens with two attached hydrogens (primary N) is 1. The first-order valence-electron chi connectivity index (χ1n) is 22.0. The summed E-state index contributed by atoms with van der Waals surface area (Å²) in [6.07, 6.45) is 0.995. The highest BCUT2D eigenvalue weighted by atomic mass is 16.5. The van der Waals surface area contributed by atoms with Gasteiger partial charge in [0.25, 0.3) is 0 Å². The normalized spacial score (nSPS) is 18.1. The van der Waals surface area contributed by atoms with Crippen molar-refractivity contribution in [3.63, 3.8) is 0 Å². The second-order valence-electron chi connectivity index (χ2n) is 17.4. The maximum atomic E-state index is 14.4. The lowest BCUT2D eigenvalue weighted by atomic mass is 9.89. The number of likely N-dealkylation sites (N-methyl/N-ethyl adjacent to an activating group) is 2. The lowest BCUT2D eigenvalue weighted by Crippen LogP contribution is -2.60. The van der Waals surface area contributed by atoms with E-state index in [4.69, 9.17) is 15.2 Å². The van der Waals surface area contributed by atoms with E-state index in [-0.39, 0.29) is 60.1 Å². The number of nitrogen functional groups attached to an aromatic ring is 1. The molecule has 14 nitrogen and oxygen atoms in total. The van der Waals surface area contributed by atoms with Gasteiger partial charge < -0.3 is 41.0 Å². The fraction of sp³-hybridized carbons (Fsp3) is 0.638. The molecule has 0 aromatic heterocycles. The molecule has 5 N–H and O–H groups in total. The van der Waals surface area contributed by atoms with Crippen LogP contribution < -0.4 is 21.7 Å². The number of ether oxygens (including phenoxy) is 2. The highest BCUT2D eigenvalue weighted by molar-refractivity contribution is 5.98. The SMILES string of the molecule is CCC(C)C(C(CC(=O)N1CCCC1C(OC)C(C)C(=O)NC(Cc1ccccc1)C(=O)Nc1ccc(N)cc1)OC)N(C)C(=O)C(NC(=O)C(C(C)C)N(C)CC)C(C)C. The summed E-state index contributed by atoms with van der Waals surface area (Å²) in [5, 5.41) is 8.95. The zero-order valence-corrected chi connectivity index (χ0v) is 38.8. The zero-order valence-electron chi connectivity index (χ0n) is 38.8. The molecule has 0 bridgehead atoms. The molecule has 5 amide bonds. The van der Waals surface area contributed by atoms with E-state index in [1.54, 1.807) is 55.1 Å². The van der Waals surface area contributed by atoms with Crippen LogP contribution >= 0.6 is 0 Å². The second kappa shape index (κ2) is 24.2. The molecular weight excluding hydrogens is 775 g/mol. The van der Waals surface area contributed by atoms with Crippen molar-refractivity contribution in [1.29, 1.82) is 0 Å². The van der Waals surface area contributed by atoms with Crippen LogP contribution in [0.4, 0.5) is 11.4 Å². The fourth-order valence-corrected chi connectivity index (χ4v) is 8.64. The first kappa shape index (κ1) is 50.8. The monoisotopic (exact) mass is 850 g/mol. The van der Waals surface area contributed by atoms with Crippen LogP contribution in [0.15, 0.2) is 54.6 Å². The summed E-state index contributed by atoms with van der Waals surface area (Å²) in [5.41, 5.74) is 7.84. The van der Waals surface area contributed by atoms with Gasteiger partial charge in [0.05, 0.1) is 42.7 Å². The smallest absolute Gasteiger partial charge is 0.247 e. The minimum Gasteiger partial charge on any atom is -0.399 e. The van der Waals surface area contributed by atoms with Crippen molar-refractivity contribution in [3.05, 3.63) is 60.2 Å². The number of methoxy groups -OCH3 is 2. The molecule has 14 heteroatoms. The van der Waals surface area contributed by atoms with E-state index in [2.05, 4.69) is 16.0 Å². The molecule has 1 fully saturated rings. The van der Waals surface area contributed by atoms with Crippen molar-refractivity contribution in [1.82, 2.24) is 25.3 Å². The Labute approximate surface area is 365 Å². The van der Waals surface area contributed by atoms with E-state index in [0.29, 0.717) is 30.9 Å². The number of amides is 5. The highest BCUT2D eigenvalue weighted by Gasteiger charge is 2.43. The standard InChI is InChI=1S/C47H75N7O7/c1-13-31(7)42(53(10)47(59)40(29(3)4)51-46(58)41(30(5)6)52(9)14-2)38(60-11)28-39(55)54-26-18-21-37(54)43(61-12)32(8)44(56)50-36(27-33-19-16-15-17-20-33)45(57)49-35-24-22-34(48)23-25-35/h15-17,19-20,22-25,29-32,36-38,40-43H,13-14,18,21,26-28,48H2,1-12H3,(H,49,57)(H,50,56)(H,51,58). The van der Waals surface area contributed by atoms with E-state index >= 15 is 0 Å². The molecule has 0 aliphatic carbocycles. The number of anilines is 2. The Balaban J connectivity index is 1.81. The molecule has 2 aromatic carbocycles. The Morgan fingerprint density at radius 3 is 2.02 bits per heavy atom. The van der Waals surface area contributed by atoms with Crippen LogP contribution in [-0.2, 0) is 39.9 Å². The first-order chi connectivity index (χ1) is 28.9. The third-order valence-electron chi connectivity index (χ3n) is 12.5. The maximum absolute atomic E-state index is 14.4. The van der Waals surface area contributed by atoms with Crippen molar-refractivity contribution in [2.24, 2.45) is 23.7 Å². The van der Waals surface area contributed by atoms with Gasteiger partial charge in [-0.05, 0) is 74.0 Å². The van der Waals surface area contributed by atoms with Crippen molar-refractivity contribution >= 4 is 40.9 Å². The Kier molecular flexibility index (Phi) is 20.2. The van der Waals surface area contributed by atoms with Gasteiger partial charge in [-0.3, -0.25) is 28.9 Å². The van der Waals surface area contributed by atoms with Crippen LogP contribution in [0.1, 0.15) is 86.6 Å². The van der Waals surface area contributed by atoms with Crippen molar-refractivity contribution in [2.45, 2.75) is 130 Å². The Morgan fingerprint density at radius 2 is 1.48 bits per heavy atom. The molecule has 1 aliphatic rings. The number of hydrogen-bond acceptors (Lipinski definition) is 9. The van der Waals surface area contributed by atoms with Gasteiger partial charge in [-0.2, -0.15) is 0 Å². The summed E-state index contributed by atoms with van der Waals surface area (Å²) >= 11 is 0. The number of nitrogens with one attached hydrogen (secondary N) is 3. The van der Waals surface area contributed by atoms with Crippen LogP contribution in [-0.4, -0.2) is 128 Å². The summed E-state index contributed by atoms with van der Waals surface area (Å²) in [7, 11) is 6.74. The number of benzene rings is 2. The predicted octanol–water partition coefficient (Wildman–Crippen LogP) is 4.97. The number of rotatable bonds is 23. The highest BCUT2D eigenvalue weighted by Crippen LogP contribution is 2.30. The predicted molar refractivity (Wildman–Crippen MR) is 241 cm³/mol. The van der Waals surface area contributed by atoms with Crippen molar-refractivity contribution in [2.75, 3.05) is 52.5 Å². The minimum atomic E-state index is -0.897. The van der Waals surface area contributed by atoms with Gasteiger partial charge in [-0.15, -0.1) is 0 Å². The molecule has 1 aliphatic heterocycles. The summed E-state index contributed by atoms with van der Waals surface area (Å²) in [4.78, 5) is 75.6. The van der Waals surface area contributed by atoms with Crippen molar-refractivity contribution in [3.8, 4) is 0 Å². The van der Waals surface area contributed by atoms with E-state index in [0.717, 1.165) is 18.4 Å². The lowest BCUT2D eigenvalue weighted by Gasteiger charge is -2.41. The van der Waals surface area contributed by atoms with E-state index < -0.39 is 48.3 Å². The second-order valence-corrected chi connectivity index (χ2v) is 17.4. The Morgan fingerprint density at radius 1 is 0.836 bits per heavy atom. The molecule has 340 valence electrons. The van der Waals surface area contributed by atoms with Gasteiger partial charge in [0.15, 0.2) is 0 Å². The minimum absolute atomic E-state index is 0.00345. The molecule has 9 unspecified atom stereocenters. The summed E-state index contributed by atoms with van der Waals surface area (Å²) in [6.45, 7) is 16.8. The van der Waals surface area contributed by atoms with E-state index in [9.17, 15) is 24.0 Å². The fourth-order valence-electron chi connectivity index (χ4n) is 8.64. The van der Waals surface area contributed by atoms with Crippen molar-refractivity contribution < 1.29 is 33.4 Å². The van der Waals surface area contributed by atoms with Crippen LogP contribution in [0, 0.1) is 23.7 Å². The average Bonchev–Trinajstić information content (AvgIpc) is 3.72. The molecule has 0 spiro atoms. The van der Waals surface area contributed by atoms with Gasteiger partial charge in [0.1, 0.15) is 12.1 Å². The van der Waals surface area contributed by atoms with Gasteiger partial charge in [0, 0.05) is 45.6 Å². The largest absolute Gasteiger partial charge is 0.399 e. The number of carbonyl (C=O) groups is 5. The van der Waals surface area contributed by atoms with Gasteiger partial charge in [0.2, 0.25) is 29.5 Å². The summed E-state index contributed by atoms with van der Waals surface area (Å²) < 4.78 is 12.1. The molecular formula is C47H75N7O7. The van der Waals surface area contributed by atoms with Crippen LogP contribution in [0.25, 0.3) is 0 Å². The molecule has 0 saturated carbocycles. The van der Waals surface area contributed by atoms with E-state index in [1.165, 1.54) is 7.11 Å². The Bertz CT molecular complexity index is 1710. The number of carbonyl (C=O) groups excluding carboxylic acids is 5.